The van der Waals surface area contributed by atoms with E-state index in [0.29, 0.717) is 18.8 Å². The minimum Gasteiger partial charge on any atom is -0.479 e. The fraction of sp³-hybridized carbons (Fsp3) is 0.833. The van der Waals surface area contributed by atoms with Gasteiger partial charge in [0.1, 0.15) is 6.10 Å². The van der Waals surface area contributed by atoms with Crippen LogP contribution in [0.1, 0.15) is 33.1 Å². The first-order valence-corrected chi connectivity index (χ1v) is 6.17. The molecule has 5 nitrogen and oxygen atoms in total. The molecule has 2 aliphatic heterocycles. The fourth-order valence-corrected chi connectivity index (χ4v) is 2.79. The highest BCUT2D eigenvalue weighted by Crippen LogP contribution is 2.27. The third-order valence-corrected chi connectivity index (χ3v) is 3.64. The molecule has 0 aliphatic carbocycles. The van der Waals surface area contributed by atoms with Crippen LogP contribution in [0.15, 0.2) is 0 Å². The molecule has 0 aromatic heterocycles. The van der Waals surface area contributed by atoms with E-state index in [1.165, 1.54) is 0 Å². The van der Waals surface area contributed by atoms with Gasteiger partial charge in [0.2, 0.25) is 0 Å². The summed E-state index contributed by atoms with van der Waals surface area (Å²) >= 11 is 0. The quantitative estimate of drug-likeness (QED) is 0.779. The van der Waals surface area contributed by atoms with E-state index in [9.17, 15) is 9.59 Å². The van der Waals surface area contributed by atoms with Gasteiger partial charge in [-0.1, -0.05) is 6.92 Å². The Hall–Kier alpha value is -1.10. The molecule has 0 saturated carbocycles. The van der Waals surface area contributed by atoms with E-state index in [-0.39, 0.29) is 11.9 Å². The molecular formula is C12H19NO4. The number of carbonyl (C=O) groups excluding carboxylic acids is 1. The fourth-order valence-electron chi connectivity index (χ4n) is 2.79. The van der Waals surface area contributed by atoms with E-state index < -0.39 is 18.2 Å². The van der Waals surface area contributed by atoms with Crippen LogP contribution in [0.3, 0.4) is 0 Å². The predicted octanol–water partition coefficient (Wildman–Crippen LogP) is 0.875. The molecule has 4 unspecified atom stereocenters. The van der Waals surface area contributed by atoms with Crippen molar-refractivity contribution < 1.29 is 19.4 Å². The van der Waals surface area contributed by atoms with Crippen LogP contribution in [-0.2, 0) is 14.3 Å². The average molecular weight is 241 g/mol. The van der Waals surface area contributed by atoms with Gasteiger partial charge in [0.15, 0.2) is 6.10 Å². The van der Waals surface area contributed by atoms with Gasteiger partial charge in [0.05, 0.1) is 0 Å². The van der Waals surface area contributed by atoms with Gasteiger partial charge in [-0.05, 0) is 32.1 Å². The smallest absolute Gasteiger partial charge is 0.332 e. The SMILES string of the molecule is CC1CC(C)N(C(=O)C2CCC(C(=O)O)O2)C1. The lowest BCUT2D eigenvalue weighted by atomic mass is 10.1. The standard InChI is InChI=1S/C12H19NO4/c1-7-5-8(2)13(6-7)11(14)9-3-4-10(17-9)12(15)16/h7-10H,3-6H2,1-2H3,(H,15,16). The molecule has 0 aromatic rings. The second kappa shape index (κ2) is 4.64. The van der Waals surface area contributed by atoms with Crippen molar-refractivity contribution in [3.05, 3.63) is 0 Å². The lowest BCUT2D eigenvalue weighted by Crippen LogP contribution is -2.41. The molecule has 17 heavy (non-hydrogen) atoms. The van der Waals surface area contributed by atoms with Crippen LogP contribution >= 0.6 is 0 Å². The largest absolute Gasteiger partial charge is 0.479 e. The Morgan fingerprint density at radius 3 is 2.35 bits per heavy atom. The molecule has 2 aliphatic rings. The Labute approximate surface area is 101 Å². The Morgan fingerprint density at radius 1 is 1.24 bits per heavy atom. The van der Waals surface area contributed by atoms with Gasteiger partial charge >= 0.3 is 5.97 Å². The first-order chi connectivity index (χ1) is 7.99. The first kappa shape index (κ1) is 12.4. The Balaban J connectivity index is 1.95. The number of rotatable bonds is 2. The van der Waals surface area contributed by atoms with Crippen molar-refractivity contribution in [3.63, 3.8) is 0 Å². The molecule has 4 atom stereocenters. The number of nitrogens with zero attached hydrogens (tertiary/aromatic N) is 1. The number of carboxylic acid groups (broad SMARTS) is 1. The van der Waals surface area contributed by atoms with E-state index in [2.05, 4.69) is 6.92 Å². The van der Waals surface area contributed by atoms with E-state index in [0.717, 1.165) is 13.0 Å². The zero-order valence-electron chi connectivity index (χ0n) is 10.3. The predicted molar refractivity (Wildman–Crippen MR) is 60.5 cm³/mol. The second-order valence-corrected chi connectivity index (χ2v) is 5.21. The summed E-state index contributed by atoms with van der Waals surface area (Å²) in [6.07, 6.45) is 0.612. The second-order valence-electron chi connectivity index (χ2n) is 5.21. The summed E-state index contributed by atoms with van der Waals surface area (Å²) in [4.78, 5) is 24.8. The summed E-state index contributed by atoms with van der Waals surface area (Å²) in [5, 5.41) is 8.82. The number of carboxylic acids is 1. The lowest BCUT2D eigenvalue weighted by molar-refractivity contribution is -0.155. The maximum absolute atomic E-state index is 12.2. The van der Waals surface area contributed by atoms with Crippen molar-refractivity contribution in [3.8, 4) is 0 Å². The van der Waals surface area contributed by atoms with Gasteiger partial charge in [-0.2, -0.15) is 0 Å². The minimum absolute atomic E-state index is 0.0365. The summed E-state index contributed by atoms with van der Waals surface area (Å²) in [7, 11) is 0. The van der Waals surface area contributed by atoms with Crippen molar-refractivity contribution in [2.24, 2.45) is 5.92 Å². The highest BCUT2D eigenvalue weighted by Gasteiger charge is 2.40. The average Bonchev–Trinajstić information content (AvgIpc) is 2.84. The highest BCUT2D eigenvalue weighted by atomic mass is 16.5. The van der Waals surface area contributed by atoms with Gasteiger partial charge in [-0.15, -0.1) is 0 Å². The van der Waals surface area contributed by atoms with Crippen LogP contribution in [0.4, 0.5) is 0 Å². The lowest BCUT2D eigenvalue weighted by Gasteiger charge is -2.24. The van der Waals surface area contributed by atoms with Gasteiger partial charge < -0.3 is 14.7 Å². The Bertz CT molecular complexity index is 330. The van der Waals surface area contributed by atoms with E-state index in [1.807, 2.05) is 11.8 Å². The summed E-state index contributed by atoms with van der Waals surface area (Å²) in [6.45, 7) is 4.92. The maximum atomic E-state index is 12.2. The molecular weight excluding hydrogens is 222 g/mol. The topological polar surface area (TPSA) is 66.8 Å². The summed E-state index contributed by atoms with van der Waals surface area (Å²) in [5.41, 5.74) is 0. The molecule has 0 aromatic carbocycles. The normalized spacial score (nSPS) is 37.4. The van der Waals surface area contributed by atoms with E-state index in [1.54, 1.807) is 0 Å². The van der Waals surface area contributed by atoms with Crippen molar-refractivity contribution in [1.29, 1.82) is 0 Å². The number of hydrogen-bond donors (Lipinski definition) is 1. The van der Waals surface area contributed by atoms with Crippen molar-refractivity contribution in [1.82, 2.24) is 4.90 Å². The molecule has 2 saturated heterocycles. The third kappa shape index (κ3) is 2.44. The maximum Gasteiger partial charge on any atom is 0.332 e. The highest BCUT2D eigenvalue weighted by molar-refractivity contribution is 5.83. The molecule has 1 amide bonds. The molecule has 0 bridgehead atoms. The zero-order valence-corrected chi connectivity index (χ0v) is 10.3. The number of likely N-dealkylation sites (tertiary alicyclic amines) is 1. The number of carbonyl (C=O) groups is 2. The molecule has 2 rings (SSSR count). The van der Waals surface area contributed by atoms with Crippen molar-refractivity contribution in [2.45, 2.75) is 51.4 Å². The minimum atomic E-state index is -0.969. The van der Waals surface area contributed by atoms with Crippen LogP contribution < -0.4 is 0 Å². The molecule has 96 valence electrons. The summed E-state index contributed by atoms with van der Waals surface area (Å²) in [6, 6.07) is 0.241. The van der Waals surface area contributed by atoms with Crippen LogP contribution in [-0.4, -0.2) is 46.7 Å². The Morgan fingerprint density at radius 2 is 1.88 bits per heavy atom. The molecule has 0 spiro atoms. The molecule has 0 radical (unpaired) electrons. The van der Waals surface area contributed by atoms with Gasteiger partial charge in [0.25, 0.3) is 5.91 Å². The van der Waals surface area contributed by atoms with Crippen LogP contribution in [0.5, 0.6) is 0 Å². The van der Waals surface area contributed by atoms with E-state index >= 15 is 0 Å². The molecule has 1 N–H and O–H groups in total. The van der Waals surface area contributed by atoms with Gasteiger partial charge in [-0.25, -0.2) is 4.79 Å². The van der Waals surface area contributed by atoms with Crippen LogP contribution in [0.2, 0.25) is 0 Å². The van der Waals surface area contributed by atoms with Gasteiger partial charge in [-0.3, -0.25) is 4.79 Å². The molecule has 2 heterocycles. The zero-order chi connectivity index (χ0) is 12.6. The molecule has 2 fully saturated rings. The number of amides is 1. The van der Waals surface area contributed by atoms with Crippen LogP contribution in [0, 0.1) is 5.92 Å². The molecule has 5 heteroatoms. The number of aliphatic carboxylic acids is 1. The van der Waals surface area contributed by atoms with Crippen molar-refractivity contribution >= 4 is 11.9 Å². The first-order valence-electron chi connectivity index (χ1n) is 6.17. The van der Waals surface area contributed by atoms with Crippen molar-refractivity contribution in [2.75, 3.05) is 6.54 Å². The van der Waals surface area contributed by atoms with Gasteiger partial charge in [0, 0.05) is 12.6 Å². The monoisotopic (exact) mass is 241 g/mol. The Kier molecular flexibility index (Phi) is 3.38. The third-order valence-electron chi connectivity index (χ3n) is 3.64. The van der Waals surface area contributed by atoms with E-state index in [4.69, 9.17) is 9.84 Å². The number of hydrogen-bond acceptors (Lipinski definition) is 3. The van der Waals surface area contributed by atoms with Crippen LogP contribution in [0.25, 0.3) is 0 Å². The summed E-state index contributed by atoms with van der Waals surface area (Å²) < 4.78 is 5.29. The summed E-state index contributed by atoms with van der Waals surface area (Å²) in [5.74, 6) is -0.487. The number of ether oxygens (including phenoxy) is 1.